The maximum atomic E-state index is 12.3. The molecule has 0 aliphatic rings. The SMILES string of the molecule is CN(CC(=O)Nc1cccc(Cl)c1)C(=O)CNC(=O)Cc1cccc2ccccc12. The number of halogens is 1. The third-order valence-corrected chi connectivity index (χ3v) is 4.82. The first-order valence-corrected chi connectivity index (χ1v) is 9.83. The molecule has 3 rings (SSSR count). The van der Waals surface area contributed by atoms with E-state index in [-0.39, 0.29) is 37.2 Å². The van der Waals surface area contributed by atoms with E-state index in [1.807, 2.05) is 42.5 Å². The molecule has 0 aliphatic heterocycles. The summed E-state index contributed by atoms with van der Waals surface area (Å²) in [6.45, 7) is -0.310. The van der Waals surface area contributed by atoms with Gasteiger partial charge in [0.25, 0.3) is 0 Å². The van der Waals surface area contributed by atoms with Gasteiger partial charge in [0.05, 0.1) is 19.5 Å². The molecule has 0 fully saturated rings. The Morgan fingerprint density at radius 2 is 1.67 bits per heavy atom. The van der Waals surface area contributed by atoms with Crippen LogP contribution in [0.3, 0.4) is 0 Å². The number of carbonyl (C=O) groups is 3. The van der Waals surface area contributed by atoms with Crippen LogP contribution in [-0.4, -0.2) is 42.8 Å². The standard InChI is InChI=1S/C23H22ClN3O3/c1-27(15-22(29)26-19-10-5-9-18(24)13-19)23(30)14-25-21(28)12-17-8-4-7-16-6-2-3-11-20(16)17/h2-11,13H,12,14-15H2,1H3,(H,25,28)(H,26,29). The lowest BCUT2D eigenvalue weighted by atomic mass is 10.0. The number of nitrogens with zero attached hydrogens (tertiary/aromatic N) is 1. The van der Waals surface area contributed by atoms with Gasteiger partial charge in [-0.05, 0) is 34.5 Å². The Kier molecular flexibility index (Phi) is 7.03. The molecule has 0 spiro atoms. The lowest BCUT2D eigenvalue weighted by molar-refractivity contribution is -0.134. The second kappa shape index (κ2) is 9.89. The number of hydrogen-bond donors (Lipinski definition) is 2. The quantitative estimate of drug-likeness (QED) is 0.612. The van der Waals surface area contributed by atoms with Gasteiger partial charge in [-0.1, -0.05) is 60.1 Å². The molecule has 0 radical (unpaired) electrons. The number of likely N-dealkylation sites (N-methyl/N-ethyl adjacent to an activating group) is 1. The summed E-state index contributed by atoms with van der Waals surface area (Å²) in [5.74, 6) is -0.964. The van der Waals surface area contributed by atoms with Crippen molar-refractivity contribution in [3.63, 3.8) is 0 Å². The summed E-state index contributed by atoms with van der Waals surface area (Å²) < 4.78 is 0. The predicted molar refractivity (Wildman–Crippen MR) is 118 cm³/mol. The maximum Gasteiger partial charge on any atom is 0.243 e. The Labute approximate surface area is 179 Å². The first-order valence-electron chi connectivity index (χ1n) is 9.45. The molecular formula is C23H22ClN3O3. The molecule has 0 saturated carbocycles. The number of rotatable bonds is 7. The molecule has 3 aromatic rings. The van der Waals surface area contributed by atoms with Crippen LogP contribution in [0.5, 0.6) is 0 Å². The zero-order valence-electron chi connectivity index (χ0n) is 16.5. The van der Waals surface area contributed by atoms with Gasteiger partial charge < -0.3 is 15.5 Å². The summed E-state index contributed by atoms with van der Waals surface area (Å²) in [7, 11) is 1.51. The number of carbonyl (C=O) groups excluding carboxylic acids is 3. The van der Waals surface area contributed by atoms with Crippen LogP contribution in [0.4, 0.5) is 5.69 Å². The molecule has 0 aromatic heterocycles. The monoisotopic (exact) mass is 423 g/mol. The van der Waals surface area contributed by atoms with E-state index in [1.54, 1.807) is 24.3 Å². The fraction of sp³-hybridized carbons (Fsp3) is 0.174. The van der Waals surface area contributed by atoms with Crippen molar-refractivity contribution >= 4 is 45.8 Å². The highest BCUT2D eigenvalue weighted by molar-refractivity contribution is 6.30. The number of benzene rings is 3. The Morgan fingerprint density at radius 1 is 0.933 bits per heavy atom. The van der Waals surface area contributed by atoms with Crippen molar-refractivity contribution in [2.75, 3.05) is 25.5 Å². The molecule has 30 heavy (non-hydrogen) atoms. The van der Waals surface area contributed by atoms with Gasteiger partial charge in [0.15, 0.2) is 0 Å². The number of hydrogen-bond acceptors (Lipinski definition) is 3. The lowest BCUT2D eigenvalue weighted by Crippen LogP contribution is -2.41. The van der Waals surface area contributed by atoms with E-state index < -0.39 is 0 Å². The minimum absolute atomic E-state index is 0.134. The molecule has 7 heteroatoms. The van der Waals surface area contributed by atoms with Crippen LogP contribution in [0.15, 0.2) is 66.7 Å². The third kappa shape index (κ3) is 5.81. The second-order valence-corrected chi connectivity index (χ2v) is 7.34. The topological polar surface area (TPSA) is 78.5 Å². The van der Waals surface area contributed by atoms with Crippen molar-refractivity contribution in [2.45, 2.75) is 6.42 Å². The van der Waals surface area contributed by atoms with Crippen molar-refractivity contribution in [2.24, 2.45) is 0 Å². The van der Waals surface area contributed by atoms with Gasteiger partial charge in [0, 0.05) is 17.8 Å². The Bertz CT molecular complexity index is 1080. The van der Waals surface area contributed by atoms with E-state index in [4.69, 9.17) is 11.6 Å². The summed E-state index contributed by atoms with van der Waals surface area (Å²) in [4.78, 5) is 37.9. The average Bonchev–Trinajstić information content (AvgIpc) is 2.72. The number of anilines is 1. The minimum atomic E-state index is -0.359. The van der Waals surface area contributed by atoms with E-state index in [0.717, 1.165) is 16.3 Å². The minimum Gasteiger partial charge on any atom is -0.347 e. The van der Waals surface area contributed by atoms with Gasteiger partial charge in [-0.15, -0.1) is 0 Å². The van der Waals surface area contributed by atoms with Crippen molar-refractivity contribution < 1.29 is 14.4 Å². The maximum absolute atomic E-state index is 12.3. The fourth-order valence-electron chi connectivity index (χ4n) is 3.06. The van der Waals surface area contributed by atoms with Crippen LogP contribution in [-0.2, 0) is 20.8 Å². The van der Waals surface area contributed by atoms with Crippen LogP contribution in [0, 0.1) is 0 Å². The average molecular weight is 424 g/mol. The molecule has 0 bridgehead atoms. The molecule has 0 heterocycles. The zero-order valence-corrected chi connectivity index (χ0v) is 17.3. The van der Waals surface area contributed by atoms with Gasteiger partial charge in [-0.2, -0.15) is 0 Å². The summed E-state index contributed by atoms with van der Waals surface area (Å²) in [6, 6.07) is 20.4. The molecule has 6 nitrogen and oxygen atoms in total. The van der Waals surface area contributed by atoms with Crippen molar-refractivity contribution in [1.29, 1.82) is 0 Å². The summed E-state index contributed by atoms with van der Waals surface area (Å²) >= 11 is 5.89. The largest absolute Gasteiger partial charge is 0.347 e. The lowest BCUT2D eigenvalue weighted by Gasteiger charge is -2.17. The number of nitrogens with one attached hydrogen (secondary N) is 2. The van der Waals surface area contributed by atoms with Crippen molar-refractivity contribution in [1.82, 2.24) is 10.2 Å². The molecular weight excluding hydrogens is 402 g/mol. The fourth-order valence-corrected chi connectivity index (χ4v) is 3.25. The first-order chi connectivity index (χ1) is 14.4. The van der Waals surface area contributed by atoms with Gasteiger partial charge in [0.2, 0.25) is 17.7 Å². The van der Waals surface area contributed by atoms with Crippen LogP contribution < -0.4 is 10.6 Å². The van der Waals surface area contributed by atoms with E-state index >= 15 is 0 Å². The normalized spacial score (nSPS) is 10.5. The van der Waals surface area contributed by atoms with Gasteiger partial charge in [-0.25, -0.2) is 0 Å². The van der Waals surface area contributed by atoms with Crippen LogP contribution >= 0.6 is 11.6 Å². The predicted octanol–water partition coefficient (Wildman–Crippen LogP) is 3.25. The Hall–Kier alpha value is -3.38. The Balaban J connectivity index is 1.48. The number of fused-ring (bicyclic) bond motifs is 1. The highest BCUT2D eigenvalue weighted by atomic mass is 35.5. The highest BCUT2D eigenvalue weighted by Crippen LogP contribution is 2.19. The molecule has 0 aliphatic carbocycles. The second-order valence-electron chi connectivity index (χ2n) is 6.90. The molecule has 154 valence electrons. The number of amides is 3. The molecule has 0 saturated heterocycles. The molecule has 0 unspecified atom stereocenters. The van der Waals surface area contributed by atoms with E-state index in [9.17, 15) is 14.4 Å². The van der Waals surface area contributed by atoms with E-state index in [1.165, 1.54) is 11.9 Å². The van der Waals surface area contributed by atoms with Gasteiger partial charge >= 0.3 is 0 Å². The smallest absolute Gasteiger partial charge is 0.243 e. The van der Waals surface area contributed by atoms with Crippen molar-refractivity contribution in [3.05, 3.63) is 77.3 Å². The van der Waals surface area contributed by atoms with Crippen LogP contribution in [0.1, 0.15) is 5.56 Å². The molecule has 3 amide bonds. The van der Waals surface area contributed by atoms with E-state index in [2.05, 4.69) is 10.6 Å². The zero-order chi connectivity index (χ0) is 21.5. The molecule has 0 atom stereocenters. The first kappa shape index (κ1) is 21.3. The summed E-state index contributed by atoms with van der Waals surface area (Å²) in [5, 5.41) is 7.88. The van der Waals surface area contributed by atoms with Crippen LogP contribution in [0.2, 0.25) is 5.02 Å². The van der Waals surface area contributed by atoms with Gasteiger partial charge in [0.1, 0.15) is 0 Å². The molecule has 3 aromatic carbocycles. The summed E-state index contributed by atoms with van der Waals surface area (Å²) in [6.07, 6.45) is 0.174. The van der Waals surface area contributed by atoms with Crippen LogP contribution in [0.25, 0.3) is 10.8 Å². The van der Waals surface area contributed by atoms with Crippen molar-refractivity contribution in [3.8, 4) is 0 Å². The highest BCUT2D eigenvalue weighted by Gasteiger charge is 2.15. The molecule has 2 N–H and O–H groups in total. The van der Waals surface area contributed by atoms with Gasteiger partial charge in [-0.3, -0.25) is 14.4 Å². The summed E-state index contributed by atoms with van der Waals surface area (Å²) in [5.41, 5.74) is 1.45. The van der Waals surface area contributed by atoms with E-state index in [0.29, 0.717) is 10.7 Å². The third-order valence-electron chi connectivity index (χ3n) is 4.58. The Morgan fingerprint density at radius 3 is 2.47 bits per heavy atom.